The number of nitriles is 1. The van der Waals surface area contributed by atoms with E-state index in [9.17, 15) is 4.79 Å². The Morgan fingerprint density at radius 2 is 2.06 bits per heavy atom. The quantitative estimate of drug-likeness (QED) is 0.537. The molecule has 0 saturated carbocycles. The van der Waals surface area contributed by atoms with Crippen LogP contribution in [0.3, 0.4) is 0 Å². The summed E-state index contributed by atoms with van der Waals surface area (Å²) in [5.74, 6) is -0.144. The second kappa shape index (κ2) is 7.43. The Morgan fingerprint density at radius 1 is 1.31 bits per heavy atom. The Balaban J connectivity index is 2.08. The smallest absolute Gasteiger partial charge is 0.234 e. The SMILES string of the molecule is N#CCNC(=O)CNCCc1ccccc1. The Kier molecular flexibility index (Phi) is 5.67. The molecule has 0 bridgehead atoms. The second-order valence-electron chi connectivity index (χ2n) is 3.35. The molecule has 0 aliphatic carbocycles. The third kappa shape index (κ3) is 5.13. The van der Waals surface area contributed by atoms with Gasteiger partial charge in [0, 0.05) is 0 Å². The van der Waals surface area contributed by atoms with Gasteiger partial charge in [-0.15, -0.1) is 0 Å². The average molecular weight is 217 g/mol. The lowest BCUT2D eigenvalue weighted by molar-refractivity contribution is -0.120. The zero-order valence-electron chi connectivity index (χ0n) is 9.07. The molecule has 1 aromatic carbocycles. The van der Waals surface area contributed by atoms with Crippen molar-refractivity contribution >= 4 is 5.91 Å². The molecule has 0 unspecified atom stereocenters. The number of hydrogen-bond donors (Lipinski definition) is 2. The Hall–Kier alpha value is -1.86. The van der Waals surface area contributed by atoms with E-state index in [4.69, 9.17) is 5.26 Å². The number of rotatable bonds is 6. The zero-order chi connectivity index (χ0) is 11.6. The lowest BCUT2D eigenvalue weighted by atomic mass is 10.1. The largest absolute Gasteiger partial charge is 0.342 e. The molecule has 0 aliphatic heterocycles. The minimum atomic E-state index is -0.144. The molecule has 0 aliphatic rings. The molecule has 0 spiro atoms. The highest BCUT2D eigenvalue weighted by Gasteiger charge is 1.98. The first-order valence-electron chi connectivity index (χ1n) is 5.21. The minimum Gasteiger partial charge on any atom is -0.342 e. The highest BCUT2D eigenvalue weighted by atomic mass is 16.1. The number of hydrogen-bond acceptors (Lipinski definition) is 3. The van der Waals surface area contributed by atoms with Crippen LogP contribution >= 0.6 is 0 Å². The molecular weight excluding hydrogens is 202 g/mol. The van der Waals surface area contributed by atoms with Gasteiger partial charge in [-0.25, -0.2) is 0 Å². The second-order valence-corrected chi connectivity index (χ2v) is 3.35. The molecule has 1 rings (SSSR count). The summed E-state index contributed by atoms with van der Waals surface area (Å²) >= 11 is 0. The molecule has 0 radical (unpaired) electrons. The van der Waals surface area contributed by atoms with Gasteiger partial charge >= 0.3 is 0 Å². The molecule has 0 saturated heterocycles. The summed E-state index contributed by atoms with van der Waals surface area (Å²) in [7, 11) is 0. The fraction of sp³-hybridized carbons (Fsp3) is 0.333. The van der Waals surface area contributed by atoms with Gasteiger partial charge < -0.3 is 10.6 Å². The predicted octanol–water partition coefficient (Wildman–Crippen LogP) is 0.458. The van der Waals surface area contributed by atoms with Gasteiger partial charge in [0.25, 0.3) is 0 Å². The molecule has 2 N–H and O–H groups in total. The van der Waals surface area contributed by atoms with E-state index >= 15 is 0 Å². The van der Waals surface area contributed by atoms with Crippen LogP contribution in [0.1, 0.15) is 5.56 Å². The zero-order valence-corrected chi connectivity index (χ0v) is 9.07. The summed E-state index contributed by atoms with van der Waals surface area (Å²) in [5, 5.41) is 13.7. The van der Waals surface area contributed by atoms with Gasteiger partial charge in [0.15, 0.2) is 0 Å². The molecule has 1 amide bonds. The predicted molar refractivity (Wildman–Crippen MR) is 61.6 cm³/mol. The Labute approximate surface area is 95.3 Å². The third-order valence-corrected chi connectivity index (χ3v) is 2.08. The molecule has 0 heterocycles. The summed E-state index contributed by atoms with van der Waals surface area (Å²) in [4.78, 5) is 11.1. The third-order valence-electron chi connectivity index (χ3n) is 2.08. The molecule has 16 heavy (non-hydrogen) atoms. The van der Waals surface area contributed by atoms with Gasteiger partial charge in [0.1, 0.15) is 6.54 Å². The Bertz CT molecular complexity index is 356. The first kappa shape index (κ1) is 12.2. The molecule has 0 fully saturated rings. The van der Waals surface area contributed by atoms with Crippen molar-refractivity contribution in [2.75, 3.05) is 19.6 Å². The monoisotopic (exact) mass is 217 g/mol. The van der Waals surface area contributed by atoms with Crippen molar-refractivity contribution in [1.29, 1.82) is 5.26 Å². The highest BCUT2D eigenvalue weighted by Crippen LogP contribution is 1.97. The van der Waals surface area contributed by atoms with Crippen LogP contribution in [0.4, 0.5) is 0 Å². The van der Waals surface area contributed by atoms with Gasteiger partial charge in [0.05, 0.1) is 12.6 Å². The van der Waals surface area contributed by atoms with Crippen molar-refractivity contribution in [2.24, 2.45) is 0 Å². The van der Waals surface area contributed by atoms with E-state index in [1.54, 1.807) is 0 Å². The van der Waals surface area contributed by atoms with E-state index in [0.717, 1.165) is 13.0 Å². The van der Waals surface area contributed by atoms with Crippen LogP contribution in [0.2, 0.25) is 0 Å². The molecule has 0 aromatic heterocycles. The van der Waals surface area contributed by atoms with E-state index < -0.39 is 0 Å². The number of carbonyl (C=O) groups excluding carboxylic acids is 1. The van der Waals surface area contributed by atoms with Gasteiger partial charge in [-0.2, -0.15) is 5.26 Å². The summed E-state index contributed by atoms with van der Waals surface area (Å²) < 4.78 is 0. The van der Waals surface area contributed by atoms with Crippen LogP contribution in [0.25, 0.3) is 0 Å². The van der Waals surface area contributed by atoms with E-state index in [2.05, 4.69) is 22.8 Å². The molecule has 0 atom stereocenters. The van der Waals surface area contributed by atoms with Crippen molar-refractivity contribution < 1.29 is 4.79 Å². The maximum Gasteiger partial charge on any atom is 0.234 e. The molecule has 4 heteroatoms. The average Bonchev–Trinajstić information content (AvgIpc) is 2.33. The van der Waals surface area contributed by atoms with Gasteiger partial charge in [-0.05, 0) is 18.5 Å². The summed E-state index contributed by atoms with van der Waals surface area (Å²) in [6, 6.07) is 11.9. The van der Waals surface area contributed by atoms with Crippen LogP contribution in [0.5, 0.6) is 0 Å². The van der Waals surface area contributed by atoms with Crippen LogP contribution in [0, 0.1) is 11.3 Å². The van der Waals surface area contributed by atoms with Crippen LogP contribution in [0.15, 0.2) is 30.3 Å². The van der Waals surface area contributed by atoms with Crippen molar-refractivity contribution in [1.82, 2.24) is 10.6 Å². The van der Waals surface area contributed by atoms with Gasteiger partial charge in [0.2, 0.25) is 5.91 Å². The normalized spacial score (nSPS) is 9.44. The molecule has 4 nitrogen and oxygen atoms in total. The standard InChI is InChI=1S/C12H15N3O/c13-7-9-15-12(16)10-14-8-6-11-4-2-1-3-5-11/h1-5,14H,6,8-10H2,(H,15,16). The number of amides is 1. The topological polar surface area (TPSA) is 64.9 Å². The first-order valence-corrected chi connectivity index (χ1v) is 5.21. The highest BCUT2D eigenvalue weighted by molar-refractivity contribution is 5.78. The number of carbonyl (C=O) groups is 1. The fourth-order valence-corrected chi connectivity index (χ4v) is 1.28. The van der Waals surface area contributed by atoms with E-state index in [1.807, 2.05) is 24.3 Å². The molecule has 84 valence electrons. The van der Waals surface area contributed by atoms with Gasteiger partial charge in [-0.1, -0.05) is 30.3 Å². The van der Waals surface area contributed by atoms with Crippen LogP contribution < -0.4 is 10.6 Å². The maximum absolute atomic E-state index is 11.1. The number of benzene rings is 1. The Morgan fingerprint density at radius 3 is 2.75 bits per heavy atom. The molecular formula is C12H15N3O. The number of nitrogens with zero attached hydrogens (tertiary/aromatic N) is 1. The van der Waals surface area contributed by atoms with Crippen LogP contribution in [-0.2, 0) is 11.2 Å². The first-order chi connectivity index (χ1) is 7.83. The van der Waals surface area contributed by atoms with Crippen molar-refractivity contribution in [3.63, 3.8) is 0 Å². The summed E-state index contributed by atoms with van der Waals surface area (Å²) in [6.07, 6.45) is 0.895. The van der Waals surface area contributed by atoms with Crippen molar-refractivity contribution in [3.05, 3.63) is 35.9 Å². The van der Waals surface area contributed by atoms with Crippen molar-refractivity contribution in [2.45, 2.75) is 6.42 Å². The van der Waals surface area contributed by atoms with Crippen molar-refractivity contribution in [3.8, 4) is 6.07 Å². The fourth-order valence-electron chi connectivity index (χ4n) is 1.28. The summed E-state index contributed by atoms with van der Waals surface area (Å²) in [6.45, 7) is 1.08. The minimum absolute atomic E-state index is 0.0686. The van der Waals surface area contributed by atoms with E-state index in [0.29, 0.717) is 0 Å². The lowest BCUT2D eigenvalue weighted by Gasteiger charge is -2.04. The number of nitrogens with one attached hydrogen (secondary N) is 2. The van der Waals surface area contributed by atoms with Crippen LogP contribution in [-0.4, -0.2) is 25.5 Å². The molecule has 1 aromatic rings. The van der Waals surface area contributed by atoms with Gasteiger partial charge in [-0.3, -0.25) is 4.79 Å². The summed E-state index contributed by atoms with van der Waals surface area (Å²) in [5.41, 5.74) is 1.24. The maximum atomic E-state index is 11.1. The van der Waals surface area contributed by atoms with E-state index in [-0.39, 0.29) is 19.0 Å². The lowest BCUT2D eigenvalue weighted by Crippen LogP contribution is -2.34. The van der Waals surface area contributed by atoms with E-state index in [1.165, 1.54) is 5.56 Å².